The molecular formula is C10H24GeOSi. The molecule has 0 amide bonds. The van der Waals surface area contributed by atoms with Gasteiger partial charge >= 0.3 is 86.5 Å². The quantitative estimate of drug-likeness (QED) is 0.680. The average Bonchev–Trinajstić information content (AvgIpc) is 2.07. The first-order valence-corrected chi connectivity index (χ1v) is 14.4. The second kappa shape index (κ2) is 4.78. The van der Waals surface area contributed by atoms with Crippen LogP contribution in [0.25, 0.3) is 0 Å². The van der Waals surface area contributed by atoms with Crippen LogP contribution in [0.15, 0.2) is 0 Å². The molecular weight excluding hydrogens is 237 g/mol. The van der Waals surface area contributed by atoms with Gasteiger partial charge in [-0.3, -0.25) is 0 Å². The van der Waals surface area contributed by atoms with E-state index in [1.807, 2.05) is 0 Å². The summed E-state index contributed by atoms with van der Waals surface area (Å²) in [4.78, 5) is 12.3. The van der Waals surface area contributed by atoms with Gasteiger partial charge in [-0.2, -0.15) is 0 Å². The van der Waals surface area contributed by atoms with Gasteiger partial charge < -0.3 is 0 Å². The zero-order chi connectivity index (χ0) is 10.7. The van der Waals surface area contributed by atoms with E-state index in [9.17, 15) is 4.79 Å². The van der Waals surface area contributed by atoms with Crippen molar-refractivity contribution in [1.29, 1.82) is 0 Å². The normalized spacial score (nSPS) is 13.1. The summed E-state index contributed by atoms with van der Waals surface area (Å²) in [6, 6.07) is 0. The summed E-state index contributed by atoms with van der Waals surface area (Å²) in [5, 5.41) is 3.57. The molecule has 0 aromatic rings. The summed E-state index contributed by atoms with van der Waals surface area (Å²) >= 11 is -2.07. The molecule has 0 aliphatic carbocycles. The van der Waals surface area contributed by atoms with E-state index in [1.165, 1.54) is 15.8 Å². The van der Waals surface area contributed by atoms with Gasteiger partial charge in [0.25, 0.3) is 0 Å². The third-order valence-electron chi connectivity index (χ3n) is 3.19. The van der Waals surface area contributed by atoms with Crippen molar-refractivity contribution in [2.75, 3.05) is 0 Å². The van der Waals surface area contributed by atoms with Gasteiger partial charge in [0, 0.05) is 0 Å². The first kappa shape index (κ1) is 13.4. The van der Waals surface area contributed by atoms with Crippen LogP contribution < -0.4 is 0 Å². The van der Waals surface area contributed by atoms with Gasteiger partial charge in [-0.1, -0.05) is 0 Å². The molecule has 0 aromatic heterocycles. The van der Waals surface area contributed by atoms with Crippen LogP contribution >= 0.6 is 0 Å². The number of hydrogen-bond donors (Lipinski definition) is 0. The van der Waals surface area contributed by atoms with Gasteiger partial charge in [0.15, 0.2) is 0 Å². The van der Waals surface area contributed by atoms with Gasteiger partial charge in [-0.05, 0) is 0 Å². The van der Waals surface area contributed by atoms with Crippen molar-refractivity contribution < 1.29 is 4.79 Å². The SMILES string of the molecule is C[CH2][Ge]([CH2]C)([CH2]C)[C](=O)[Si](C)(C)C. The molecule has 0 aromatic carbocycles. The van der Waals surface area contributed by atoms with Crippen molar-refractivity contribution in [3.63, 3.8) is 0 Å². The molecule has 78 valence electrons. The molecule has 1 nitrogen and oxygen atoms in total. The Balaban J connectivity index is 4.85. The van der Waals surface area contributed by atoms with Crippen molar-refractivity contribution in [3.8, 4) is 0 Å². The second-order valence-corrected chi connectivity index (χ2v) is 21.7. The predicted octanol–water partition coefficient (Wildman–Crippen LogP) is 4.12. The van der Waals surface area contributed by atoms with E-state index in [0.717, 1.165) is 4.24 Å². The number of carbonyl (C=O) groups excluding carboxylic acids is 1. The van der Waals surface area contributed by atoms with E-state index >= 15 is 0 Å². The molecule has 0 atom stereocenters. The first-order chi connectivity index (χ1) is 5.84. The van der Waals surface area contributed by atoms with Crippen molar-refractivity contribution in [2.45, 2.75) is 56.2 Å². The molecule has 0 bridgehead atoms. The molecule has 0 unspecified atom stereocenters. The topological polar surface area (TPSA) is 17.1 Å². The van der Waals surface area contributed by atoms with E-state index in [1.54, 1.807) is 0 Å². The molecule has 0 heterocycles. The van der Waals surface area contributed by atoms with Crippen LogP contribution in [-0.4, -0.2) is 25.6 Å². The van der Waals surface area contributed by atoms with Crippen molar-refractivity contribution in [2.24, 2.45) is 0 Å². The Morgan fingerprint density at radius 1 is 1.00 bits per heavy atom. The van der Waals surface area contributed by atoms with Crippen LogP contribution in [0.1, 0.15) is 20.8 Å². The minimum absolute atomic E-state index is 0.750. The summed E-state index contributed by atoms with van der Waals surface area (Å²) in [6.45, 7) is 13.3. The maximum atomic E-state index is 12.3. The zero-order valence-electron chi connectivity index (χ0n) is 10.0. The minimum atomic E-state index is -2.07. The molecule has 0 rings (SSSR count). The van der Waals surface area contributed by atoms with Gasteiger partial charge in [0.2, 0.25) is 0 Å². The monoisotopic (exact) mass is 262 g/mol. The van der Waals surface area contributed by atoms with Crippen molar-refractivity contribution >= 4 is 25.6 Å². The number of carbonyl (C=O) groups is 1. The van der Waals surface area contributed by atoms with E-state index in [4.69, 9.17) is 0 Å². The molecule has 0 fully saturated rings. The van der Waals surface area contributed by atoms with Crippen LogP contribution in [0.3, 0.4) is 0 Å². The summed E-state index contributed by atoms with van der Waals surface area (Å²) in [6.07, 6.45) is 0. The van der Waals surface area contributed by atoms with Crippen LogP contribution in [-0.2, 0) is 0 Å². The molecule has 0 radical (unpaired) electrons. The van der Waals surface area contributed by atoms with Crippen molar-refractivity contribution in [1.82, 2.24) is 0 Å². The fraction of sp³-hybridized carbons (Fsp3) is 0.900. The average molecular weight is 261 g/mol. The van der Waals surface area contributed by atoms with Gasteiger partial charge in [-0.15, -0.1) is 0 Å². The third-order valence-corrected chi connectivity index (χ3v) is 22.6. The van der Waals surface area contributed by atoms with E-state index in [0.29, 0.717) is 0 Å². The fourth-order valence-corrected chi connectivity index (χ4v) is 21.6. The van der Waals surface area contributed by atoms with E-state index in [-0.39, 0.29) is 0 Å². The standard InChI is InChI=1S/C10H24GeOSi/c1-7-11(8-2,9-3)10(12)13(4,5)6/h7-9H2,1-6H3. The molecule has 0 spiro atoms. The van der Waals surface area contributed by atoms with Crippen LogP contribution in [0.2, 0.25) is 35.4 Å². The van der Waals surface area contributed by atoms with Crippen LogP contribution in [0, 0.1) is 0 Å². The first-order valence-electron chi connectivity index (χ1n) is 5.39. The third kappa shape index (κ3) is 2.94. The Morgan fingerprint density at radius 2 is 1.31 bits per heavy atom. The van der Waals surface area contributed by atoms with Gasteiger partial charge in [-0.25, -0.2) is 0 Å². The predicted molar refractivity (Wildman–Crippen MR) is 65.9 cm³/mol. The maximum absolute atomic E-state index is 12.3. The summed E-state index contributed by atoms with van der Waals surface area (Å²) in [5.74, 6) is 0. The molecule has 3 heteroatoms. The summed E-state index contributed by atoms with van der Waals surface area (Å²) < 4.78 is 0.750. The number of hydrogen-bond acceptors (Lipinski definition) is 1. The Kier molecular flexibility index (Phi) is 4.94. The van der Waals surface area contributed by atoms with E-state index < -0.39 is 21.3 Å². The Hall–Kier alpha value is 0.430. The Bertz CT molecular complexity index is 172. The molecule has 0 aliphatic rings. The summed E-state index contributed by atoms with van der Waals surface area (Å²) in [5.41, 5.74) is 0. The molecule has 0 saturated carbocycles. The van der Waals surface area contributed by atoms with Crippen molar-refractivity contribution in [3.05, 3.63) is 0 Å². The Morgan fingerprint density at radius 3 is 1.38 bits per heavy atom. The van der Waals surface area contributed by atoms with Gasteiger partial charge in [0.05, 0.1) is 0 Å². The fourth-order valence-electron chi connectivity index (χ4n) is 2.03. The molecule has 0 aliphatic heterocycles. The molecule has 13 heavy (non-hydrogen) atoms. The molecule has 0 saturated heterocycles. The Labute approximate surface area is 86.7 Å². The molecule has 0 N–H and O–H groups in total. The van der Waals surface area contributed by atoms with E-state index in [2.05, 4.69) is 40.4 Å². The second-order valence-electron chi connectivity index (χ2n) is 4.92. The number of rotatable bonds is 5. The van der Waals surface area contributed by atoms with Crippen LogP contribution in [0.4, 0.5) is 4.79 Å². The van der Waals surface area contributed by atoms with Crippen LogP contribution in [0.5, 0.6) is 0 Å². The van der Waals surface area contributed by atoms with Gasteiger partial charge in [0.1, 0.15) is 0 Å². The summed E-state index contributed by atoms with van der Waals surface area (Å²) in [7, 11) is -1.51. The zero-order valence-corrected chi connectivity index (χ0v) is 13.1.